The van der Waals surface area contributed by atoms with Crippen LogP contribution in [0.5, 0.6) is 5.75 Å². The van der Waals surface area contributed by atoms with Crippen LogP contribution in [-0.4, -0.2) is 31.5 Å². The van der Waals surface area contributed by atoms with E-state index in [0.29, 0.717) is 25.0 Å². The Morgan fingerprint density at radius 3 is 2.68 bits per heavy atom. The molecular weight excluding hydrogens is 338 g/mol. The van der Waals surface area contributed by atoms with E-state index < -0.39 is 11.3 Å². The first kappa shape index (κ1) is 18.1. The van der Waals surface area contributed by atoms with Crippen molar-refractivity contribution in [2.75, 3.05) is 13.2 Å². The summed E-state index contributed by atoms with van der Waals surface area (Å²) in [5, 5.41) is 0. The maximum absolute atomic E-state index is 10.7. The summed E-state index contributed by atoms with van der Waals surface area (Å²) in [6.45, 7) is 1.28. The van der Waals surface area contributed by atoms with Crippen LogP contribution < -0.4 is 9.46 Å². The van der Waals surface area contributed by atoms with E-state index in [4.69, 9.17) is 9.29 Å². The van der Waals surface area contributed by atoms with Crippen molar-refractivity contribution in [3.8, 4) is 11.4 Å². The lowest BCUT2D eigenvalue weighted by molar-refractivity contribution is 0.143. The van der Waals surface area contributed by atoms with Crippen molar-refractivity contribution < 1.29 is 13.5 Å². The fourth-order valence-electron chi connectivity index (χ4n) is 3.55. The largest absolute Gasteiger partial charge is 0.493 e. The van der Waals surface area contributed by atoms with Crippen molar-refractivity contribution in [1.29, 1.82) is 0 Å². The standard InChI is InChI=1S/C18H25N3O3S/c22-25(23)20-10-9-15-3-1-2-4-16(15)13-24-18-7-5-17(6-8-18)21-12-11-19-14-21/h5-8,11-12,14-16,20H,1-4,9-10,13H2,(H,22,23). The number of aromatic nitrogens is 2. The van der Waals surface area contributed by atoms with E-state index in [-0.39, 0.29) is 0 Å². The predicted molar refractivity (Wildman–Crippen MR) is 97.9 cm³/mol. The Morgan fingerprint density at radius 1 is 1.24 bits per heavy atom. The predicted octanol–water partition coefficient (Wildman–Crippen LogP) is 3.17. The van der Waals surface area contributed by atoms with E-state index in [1.807, 2.05) is 35.0 Å². The zero-order chi connectivity index (χ0) is 17.5. The lowest BCUT2D eigenvalue weighted by Crippen LogP contribution is -2.29. The maximum Gasteiger partial charge on any atom is 0.231 e. The minimum absolute atomic E-state index is 0.510. The topological polar surface area (TPSA) is 76.4 Å². The molecule has 1 aliphatic rings. The van der Waals surface area contributed by atoms with Crippen LogP contribution in [0.2, 0.25) is 0 Å². The zero-order valence-corrected chi connectivity index (χ0v) is 15.0. The summed E-state index contributed by atoms with van der Waals surface area (Å²) in [4.78, 5) is 4.05. The van der Waals surface area contributed by atoms with Crippen molar-refractivity contribution in [2.24, 2.45) is 11.8 Å². The van der Waals surface area contributed by atoms with Crippen molar-refractivity contribution in [3.05, 3.63) is 43.0 Å². The second-order valence-corrected chi connectivity index (χ2v) is 7.30. The molecule has 1 heterocycles. The number of nitrogens with one attached hydrogen (secondary N) is 1. The molecule has 3 rings (SSSR count). The van der Waals surface area contributed by atoms with Crippen LogP contribution in [0.25, 0.3) is 5.69 Å². The lowest BCUT2D eigenvalue weighted by atomic mass is 9.78. The third-order valence-corrected chi connectivity index (χ3v) is 5.36. The van der Waals surface area contributed by atoms with Gasteiger partial charge in [-0.15, -0.1) is 0 Å². The smallest absolute Gasteiger partial charge is 0.231 e. The molecule has 0 spiro atoms. The molecule has 136 valence electrons. The van der Waals surface area contributed by atoms with Crippen LogP contribution in [0, 0.1) is 11.8 Å². The van der Waals surface area contributed by atoms with Crippen LogP contribution in [0.1, 0.15) is 32.1 Å². The van der Waals surface area contributed by atoms with Gasteiger partial charge >= 0.3 is 0 Å². The Bertz CT molecular complexity index is 661. The van der Waals surface area contributed by atoms with Crippen LogP contribution in [0.15, 0.2) is 43.0 Å². The summed E-state index contributed by atoms with van der Waals surface area (Å²) < 4.78 is 30.1. The molecule has 25 heavy (non-hydrogen) atoms. The molecule has 1 aliphatic carbocycles. The second-order valence-electron chi connectivity index (χ2n) is 6.51. The van der Waals surface area contributed by atoms with Gasteiger partial charge in [0.2, 0.25) is 11.3 Å². The molecule has 1 aromatic carbocycles. The molecule has 1 fully saturated rings. The van der Waals surface area contributed by atoms with E-state index in [1.165, 1.54) is 25.7 Å². The fraction of sp³-hybridized carbons (Fsp3) is 0.500. The summed E-state index contributed by atoms with van der Waals surface area (Å²) in [6, 6.07) is 8.03. The number of ether oxygens (including phenoxy) is 1. The molecule has 0 saturated heterocycles. The van der Waals surface area contributed by atoms with Gasteiger partial charge in [-0.2, -0.15) is 0 Å². The number of benzene rings is 1. The van der Waals surface area contributed by atoms with E-state index in [0.717, 1.165) is 17.9 Å². The molecule has 0 amide bonds. The summed E-state index contributed by atoms with van der Waals surface area (Å²) >= 11 is -1.92. The molecule has 2 N–H and O–H groups in total. The SMILES string of the molecule is O=S(O)NCCC1CCCCC1COc1ccc(-n2ccnc2)cc1. The highest BCUT2D eigenvalue weighted by Crippen LogP contribution is 2.32. The van der Waals surface area contributed by atoms with Crippen molar-refractivity contribution in [2.45, 2.75) is 32.1 Å². The van der Waals surface area contributed by atoms with Gasteiger partial charge in [-0.05, 0) is 48.9 Å². The third kappa shape index (κ3) is 5.39. The van der Waals surface area contributed by atoms with Gasteiger partial charge < -0.3 is 9.30 Å². The molecule has 3 unspecified atom stereocenters. The summed E-state index contributed by atoms with van der Waals surface area (Å²) in [7, 11) is 0. The normalized spacial score (nSPS) is 21.8. The number of hydrogen-bond acceptors (Lipinski definition) is 3. The molecule has 3 atom stereocenters. The molecule has 1 saturated carbocycles. The number of nitrogens with zero attached hydrogens (tertiary/aromatic N) is 2. The lowest BCUT2D eigenvalue weighted by Gasteiger charge is -2.31. The minimum Gasteiger partial charge on any atom is -0.493 e. The summed E-state index contributed by atoms with van der Waals surface area (Å²) in [5.41, 5.74) is 1.06. The van der Waals surface area contributed by atoms with Gasteiger partial charge in [-0.1, -0.05) is 19.3 Å². The van der Waals surface area contributed by atoms with Gasteiger partial charge in [0.05, 0.1) is 12.9 Å². The number of imidazole rings is 1. The molecule has 0 aliphatic heterocycles. The van der Waals surface area contributed by atoms with Gasteiger partial charge in [-0.3, -0.25) is 4.55 Å². The summed E-state index contributed by atoms with van der Waals surface area (Å²) in [5.74, 6) is 1.94. The van der Waals surface area contributed by atoms with Crippen LogP contribution in [0.4, 0.5) is 0 Å². The fourth-order valence-corrected chi connectivity index (χ4v) is 3.84. The average molecular weight is 363 g/mol. The Morgan fingerprint density at radius 2 is 2.00 bits per heavy atom. The van der Waals surface area contributed by atoms with Crippen LogP contribution >= 0.6 is 0 Å². The van der Waals surface area contributed by atoms with E-state index >= 15 is 0 Å². The third-order valence-electron chi connectivity index (χ3n) is 4.91. The molecule has 0 radical (unpaired) electrons. The highest BCUT2D eigenvalue weighted by Gasteiger charge is 2.25. The average Bonchev–Trinajstić information content (AvgIpc) is 3.16. The first-order chi connectivity index (χ1) is 12.2. The highest BCUT2D eigenvalue weighted by atomic mass is 32.2. The van der Waals surface area contributed by atoms with Crippen molar-refractivity contribution in [1.82, 2.24) is 14.3 Å². The molecule has 0 bridgehead atoms. The first-order valence-electron chi connectivity index (χ1n) is 8.78. The van der Waals surface area contributed by atoms with E-state index in [9.17, 15) is 4.21 Å². The van der Waals surface area contributed by atoms with Gasteiger partial charge in [-0.25, -0.2) is 13.9 Å². The van der Waals surface area contributed by atoms with Gasteiger partial charge in [0.1, 0.15) is 5.75 Å². The zero-order valence-electron chi connectivity index (χ0n) is 14.2. The Balaban J connectivity index is 1.51. The van der Waals surface area contributed by atoms with Crippen molar-refractivity contribution in [3.63, 3.8) is 0 Å². The summed E-state index contributed by atoms with van der Waals surface area (Å²) in [6.07, 6.45) is 11.2. The van der Waals surface area contributed by atoms with Crippen LogP contribution in [0.3, 0.4) is 0 Å². The van der Waals surface area contributed by atoms with Crippen LogP contribution in [-0.2, 0) is 11.3 Å². The molecule has 7 heteroatoms. The van der Waals surface area contributed by atoms with E-state index in [1.54, 1.807) is 12.5 Å². The number of rotatable bonds is 8. The monoisotopic (exact) mass is 363 g/mol. The highest BCUT2D eigenvalue weighted by molar-refractivity contribution is 7.77. The maximum atomic E-state index is 10.7. The van der Waals surface area contributed by atoms with Gasteiger partial charge in [0.15, 0.2) is 0 Å². The Hall–Kier alpha value is -1.70. The molecular formula is C18H25N3O3S. The quantitative estimate of drug-likeness (QED) is 0.706. The molecule has 6 nitrogen and oxygen atoms in total. The molecule has 2 aromatic rings. The van der Waals surface area contributed by atoms with E-state index in [2.05, 4.69) is 9.71 Å². The molecule has 1 aromatic heterocycles. The Labute approximate surface area is 151 Å². The first-order valence-corrected chi connectivity index (χ1v) is 9.88. The minimum atomic E-state index is -1.92. The number of hydrogen-bond donors (Lipinski definition) is 2. The Kier molecular flexibility index (Phi) is 6.61. The van der Waals surface area contributed by atoms with Gasteiger partial charge in [0, 0.05) is 24.6 Å². The van der Waals surface area contributed by atoms with Gasteiger partial charge in [0.25, 0.3) is 0 Å². The van der Waals surface area contributed by atoms with Crippen molar-refractivity contribution >= 4 is 11.3 Å². The second kappa shape index (κ2) is 9.12.